The minimum Gasteiger partial charge on any atom is -0.381 e. The fraction of sp³-hybridized carbons (Fsp3) is 0.600. The van der Waals surface area contributed by atoms with E-state index < -0.39 is 0 Å². The van der Waals surface area contributed by atoms with E-state index in [1.807, 2.05) is 42.2 Å². The van der Waals surface area contributed by atoms with E-state index >= 15 is 0 Å². The van der Waals surface area contributed by atoms with Crippen molar-refractivity contribution in [1.82, 2.24) is 9.80 Å². The monoisotopic (exact) mass is 344 g/mol. The molecule has 2 unspecified atom stereocenters. The molecule has 0 bridgehead atoms. The van der Waals surface area contributed by atoms with Gasteiger partial charge in [0.05, 0.1) is 6.61 Å². The lowest BCUT2D eigenvalue weighted by atomic mass is 9.98. The molecule has 0 spiro atoms. The van der Waals surface area contributed by atoms with Gasteiger partial charge in [-0.2, -0.15) is 0 Å². The van der Waals surface area contributed by atoms with Gasteiger partial charge in [-0.3, -0.25) is 9.59 Å². The van der Waals surface area contributed by atoms with Crippen molar-refractivity contribution in [2.75, 3.05) is 32.8 Å². The van der Waals surface area contributed by atoms with Crippen molar-refractivity contribution in [3.8, 4) is 0 Å². The number of carbonyl (C=O) groups excluding carboxylic acids is 2. The number of carbonyl (C=O) groups is 2. The lowest BCUT2D eigenvalue weighted by molar-refractivity contribution is -0.137. The quantitative estimate of drug-likeness (QED) is 0.825. The Kier molecular flexibility index (Phi) is 6.08. The minimum absolute atomic E-state index is 0.0288. The van der Waals surface area contributed by atoms with Gasteiger partial charge >= 0.3 is 0 Å². The first-order valence-corrected chi connectivity index (χ1v) is 9.43. The van der Waals surface area contributed by atoms with Crippen molar-refractivity contribution < 1.29 is 14.3 Å². The Labute approximate surface area is 149 Å². The number of benzene rings is 1. The smallest absolute Gasteiger partial charge is 0.254 e. The fourth-order valence-electron chi connectivity index (χ4n) is 3.80. The molecule has 5 nitrogen and oxygen atoms in total. The van der Waals surface area contributed by atoms with Gasteiger partial charge in [0.2, 0.25) is 5.91 Å². The van der Waals surface area contributed by atoms with Crippen molar-refractivity contribution in [2.45, 2.75) is 38.6 Å². The second-order valence-corrected chi connectivity index (χ2v) is 6.98. The lowest BCUT2D eigenvalue weighted by Gasteiger charge is -2.38. The SMILES string of the molecule is CCN(CC1CCOC1)C(=O)C1CCCCN1C(=O)c1ccccc1. The topological polar surface area (TPSA) is 49.9 Å². The van der Waals surface area contributed by atoms with E-state index in [9.17, 15) is 9.59 Å². The van der Waals surface area contributed by atoms with Crippen LogP contribution in [0.4, 0.5) is 0 Å². The Morgan fingerprint density at radius 1 is 1.20 bits per heavy atom. The molecule has 2 aliphatic heterocycles. The molecule has 0 radical (unpaired) electrons. The first-order chi connectivity index (χ1) is 12.2. The lowest BCUT2D eigenvalue weighted by Crippen LogP contribution is -2.53. The van der Waals surface area contributed by atoms with E-state index in [4.69, 9.17) is 4.74 Å². The van der Waals surface area contributed by atoms with Gasteiger partial charge in [-0.15, -0.1) is 0 Å². The Bertz CT molecular complexity index is 584. The summed E-state index contributed by atoms with van der Waals surface area (Å²) in [7, 11) is 0. The van der Waals surface area contributed by atoms with Gasteiger partial charge in [-0.1, -0.05) is 18.2 Å². The molecule has 2 heterocycles. The molecule has 0 aromatic heterocycles. The molecule has 0 saturated carbocycles. The molecular formula is C20H28N2O3. The summed E-state index contributed by atoms with van der Waals surface area (Å²) < 4.78 is 5.44. The summed E-state index contributed by atoms with van der Waals surface area (Å²) >= 11 is 0. The van der Waals surface area contributed by atoms with Crippen LogP contribution in [-0.2, 0) is 9.53 Å². The fourth-order valence-corrected chi connectivity index (χ4v) is 3.80. The van der Waals surface area contributed by atoms with Gasteiger partial charge in [-0.05, 0) is 44.7 Å². The summed E-state index contributed by atoms with van der Waals surface area (Å²) in [5.74, 6) is 0.489. The molecular weight excluding hydrogens is 316 g/mol. The van der Waals surface area contributed by atoms with Crippen LogP contribution in [0.3, 0.4) is 0 Å². The highest BCUT2D eigenvalue weighted by Gasteiger charge is 2.35. The highest BCUT2D eigenvalue weighted by atomic mass is 16.5. The summed E-state index contributed by atoms with van der Waals surface area (Å²) in [6, 6.07) is 8.96. The number of likely N-dealkylation sites (tertiary alicyclic amines) is 1. The maximum absolute atomic E-state index is 13.2. The third-order valence-corrected chi connectivity index (χ3v) is 5.27. The van der Waals surface area contributed by atoms with E-state index in [0.717, 1.165) is 45.4 Å². The van der Waals surface area contributed by atoms with Gasteiger partial charge in [0.15, 0.2) is 0 Å². The second kappa shape index (κ2) is 8.48. The van der Waals surface area contributed by atoms with Gasteiger partial charge in [0, 0.05) is 37.7 Å². The average Bonchev–Trinajstić information content (AvgIpc) is 3.19. The zero-order valence-corrected chi connectivity index (χ0v) is 15.0. The van der Waals surface area contributed by atoms with Gasteiger partial charge in [-0.25, -0.2) is 0 Å². The summed E-state index contributed by atoms with van der Waals surface area (Å²) in [5, 5.41) is 0. The Morgan fingerprint density at radius 2 is 2.00 bits per heavy atom. The molecule has 2 aliphatic rings. The molecule has 136 valence electrons. The maximum Gasteiger partial charge on any atom is 0.254 e. The highest BCUT2D eigenvalue weighted by Crippen LogP contribution is 2.23. The Balaban J connectivity index is 1.72. The first kappa shape index (κ1) is 17.9. The summed E-state index contributed by atoms with van der Waals surface area (Å²) in [6.07, 6.45) is 3.74. The predicted octanol–water partition coefficient (Wildman–Crippen LogP) is 2.57. The van der Waals surface area contributed by atoms with Crippen LogP contribution in [0.25, 0.3) is 0 Å². The van der Waals surface area contributed by atoms with E-state index in [2.05, 4.69) is 0 Å². The molecule has 2 amide bonds. The minimum atomic E-state index is -0.330. The number of amides is 2. The average molecular weight is 344 g/mol. The number of hydrogen-bond acceptors (Lipinski definition) is 3. The molecule has 5 heteroatoms. The van der Waals surface area contributed by atoms with E-state index in [-0.39, 0.29) is 17.9 Å². The first-order valence-electron chi connectivity index (χ1n) is 9.43. The standard InChI is InChI=1S/C20H28N2O3/c1-2-21(14-16-11-13-25-15-16)20(24)18-10-6-7-12-22(18)19(23)17-8-4-3-5-9-17/h3-5,8-9,16,18H,2,6-7,10-15H2,1H3. The van der Waals surface area contributed by atoms with Crippen LogP contribution in [0.5, 0.6) is 0 Å². The van der Waals surface area contributed by atoms with Gasteiger partial charge < -0.3 is 14.5 Å². The molecule has 0 aliphatic carbocycles. The van der Waals surface area contributed by atoms with E-state index in [0.29, 0.717) is 24.6 Å². The van der Waals surface area contributed by atoms with E-state index in [1.54, 1.807) is 4.90 Å². The molecule has 25 heavy (non-hydrogen) atoms. The molecule has 2 saturated heterocycles. The van der Waals surface area contributed by atoms with Gasteiger partial charge in [0.1, 0.15) is 6.04 Å². The van der Waals surface area contributed by atoms with Crippen LogP contribution in [-0.4, -0.2) is 60.5 Å². The zero-order chi connectivity index (χ0) is 17.6. The van der Waals surface area contributed by atoms with Crippen molar-refractivity contribution in [3.63, 3.8) is 0 Å². The van der Waals surface area contributed by atoms with Crippen LogP contribution >= 0.6 is 0 Å². The Morgan fingerprint density at radius 3 is 2.68 bits per heavy atom. The van der Waals surface area contributed by atoms with Crippen LogP contribution in [0.1, 0.15) is 43.0 Å². The van der Waals surface area contributed by atoms with Crippen LogP contribution in [0, 0.1) is 5.92 Å². The number of ether oxygens (including phenoxy) is 1. The largest absolute Gasteiger partial charge is 0.381 e. The van der Waals surface area contributed by atoms with Gasteiger partial charge in [0.25, 0.3) is 5.91 Å². The molecule has 0 N–H and O–H groups in total. The Hall–Kier alpha value is -1.88. The number of nitrogens with zero attached hydrogens (tertiary/aromatic N) is 2. The third-order valence-electron chi connectivity index (χ3n) is 5.27. The summed E-state index contributed by atoms with van der Waals surface area (Å²) in [6.45, 7) is 5.62. The van der Waals surface area contributed by atoms with Crippen LogP contribution in [0.15, 0.2) is 30.3 Å². The predicted molar refractivity (Wildman–Crippen MR) is 96.3 cm³/mol. The van der Waals surface area contributed by atoms with E-state index in [1.165, 1.54) is 0 Å². The number of piperidine rings is 1. The molecule has 1 aromatic rings. The van der Waals surface area contributed by atoms with Crippen LogP contribution in [0.2, 0.25) is 0 Å². The molecule has 2 atom stereocenters. The normalized spacial score (nSPS) is 23.5. The molecule has 1 aromatic carbocycles. The van der Waals surface area contributed by atoms with Crippen molar-refractivity contribution >= 4 is 11.8 Å². The number of likely N-dealkylation sites (N-methyl/N-ethyl adjacent to an activating group) is 1. The van der Waals surface area contributed by atoms with Crippen molar-refractivity contribution in [1.29, 1.82) is 0 Å². The summed E-state index contributed by atoms with van der Waals surface area (Å²) in [4.78, 5) is 29.8. The zero-order valence-electron chi connectivity index (χ0n) is 15.0. The number of hydrogen-bond donors (Lipinski definition) is 0. The highest BCUT2D eigenvalue weighted by molar-refractivity contribution is 5.97. The molecule has 3 rings (SSSR count). The summed E-state index contributed by atoms with van der Waals surface area (Å²) in [5.41, 5.74) is 0.662. The third kappa shape index (κ3) is 4.21. The number of rotatable bonds is 5. The second-order valence-electron chi connectivity index (χ2n) is 6.98. The van der Waals surface area contributed by atoms with Crippen molar-refractivity contribution in [3.05, 3.63) is 35.9 Å². The maximum atomic E-state index is 13.2. The van der Waals surface area contributed by atoms with Crippen LogP contribution < -0.4 is 0 Å². The van der Waals surface area contributed by atoms with Crippen molar-refractivity contribution in [2.24, 2.45) is 5.92 Å². The molecule has 2 fully saturated rings.